The third-order valence-corrected chi connectivity index (χ3v) is 17.6. The Morgan fingerprint density at radius 3 is 1.31 bits per heavy atom. The molecule has 0 saturated carbocycles. The molecule has 0 N–H and O–H groups in total. The number of nitrogens with zero attached hydrogens (tertiary/aromatic N) is 2. The van der Waals surface area contributed by atoms with Gasteiger partial charge in [-0.2, -0.15) is 0 Å². The highest BCUT2D eigenvalue weighted by Crippen LogP contribution is 2.59. The van der Waals surface area contributed by atoms with Crippen LogP contribution in [0.5, 0.6) is 0 Å². The maximum atomic E-state index is 13.0. The molecule has 2 aliphatic carbocycles. The molecular weight excluding hydrogens is 789 g/mol. The highest BCUT2D eigenvalue weighted by Gasteiger charge is 2.37. The number of benzene rings is 1. The lowest BCUT2D eigenvalue weighted by molar-refractivity contribution is -0.122. The SMILES string of the molecule is CCN1C(=O)/C(=C/c2cc3c(s2)-c2cc4c(cc2C3=C(SC)SC)-c2sc(/C=C3\SC(=S)N(CC)C3=O)cc2C4=C(SC)SC)SC1=S. The summed E-state index contributed by atoms with van der Waals surface area (Å²) in [6.45, 7) is 5.07. The summed E-state index contributed by atoms with van der Waals surface area (Å²) in [6.07, 6.45) is 12.6. The monoisotopic (exact) mass is 816 g/mol. The molecule has 2 aromatic heterocycles. The first-order chi connectivity index (χ1) is 23.2. The lowest BCUT2D eigenvalue weighted by atomic mass is 9.98. The van der Waals surface area contributed by atoms with Gasteiger partial charge in [-0.05, 0) is 86.4 Å². The molecule has 4 nitrogen and oxygen atoms in total. The van der Waals surface area contributed by atoms with Crippen LogP contribution in [0.25, 0.3) is 44.2 Å². The van der Waals surface area contributed by atoms with E-state index in [0.29, 0.717) is 31.5 Å². The van der Waals surface area contributed by atoms with Crippen LogP contribution in [0.3, 0.4) is 0 Å². The number of thioether (sulfide) groups is 6. The lowest BCUT2D eigenvalue weighted by Crippen LogP contribution is -2.27. The molecule has 2 aliphatic heterocycles. The second kappa shape index (κ2) is 14.1. The minimum atomic E-state index is -0.0112. The Labute approximate surface area is 325 Å². The molecule has 2 fully saturated rings. The predicted molar refractivity (Wildman–Crippen MR) is 230 cm³/mol. The van der Waals surface area contributed by atoms with Crippen molar-refractivity contribution in [3.8, 4) is 20.9 Å². The van der Waals surface area contributed by atoms with Crippen LogP contribution in [0.15, 0.2) is 42.6 Å². The van der Waals surface area contributed by atoms with Gasteiger partial charge in [0, 0.05) is 74.5 Å². The number of fused-ring (bicyclic) bond motifs is 6. The summed E-state index contributed by atoms with van der Waals surface area (Å²) >= 11 is 24.3. The zero-order valence-corrected chi connectivity index (χ0v) is 34.8. The molecule has 246 valence electrons. The van der Waals surface area contributed by atoms with Crippen molar-refractivity contribution in [3.63, 3.8) is 0 Å². The fourth-order valence-corrected chi connectivity index (χ4v) is 14.4. The number of thiophene rings is 2. The summed E-state index contributed by atoms with van der Waals surface area (Å²) in [6, 6.07) is 9.29. The lowest BCUT2D eigenvalue weighted by Gasteiger charge is -2.13. The number of rotatable bonds is 8. The van der Waals surface area contributed by atoms with Crippen molar-refractivity contribution in [1.29, 1.82) is 0 Å². The maximum Gasteiger partial charge on any atom is 0.266 e. The average molecular weight is 817 g/mol. The Balaban J connectivity index is 1.39. The zero-order valence-electron chi connectivity index (χ0n) is 26.7. The van der Waals surface area contributed by atoms with Crippen molar-refractivity contribution < 1.29 is 9.59 Å². The van der Waals surface area contributed by atoms with E-state index in [9.17, 15) is 9.59 Å². The summed E-state index contributed by atoms with van der Waals surface area (Å²) in [5.74, 6) is -0.0225. The van der Waals surface area contributed by atoms with E-state index in [1.54, 1.807) is 79.5 Å². The van der Waals surface area contributed by atoms with E-state index in [1.165, 1.54) is 86.3 Å². The van der Waals surface area contributed by atoms with Crippen molar-refractivity contribution in [2.45, 2.75) is 13.8 Å². The molecule has 1 aromatic carbocycles. The second-order valence-electron chi connectivity index (χ2n) is 10.7. The fourth-order valence-electron chi connectivity index (χ4n) is 6.23. The Morgan fingerprint density at radius 2 is 1.00 bits per heavy atom. The first kappa shape index (κ1) is 35.2. The predicted octanol–water partition coefficient (Wildman–Crippen LogP) is 11.1. The Morgan fingerprint density at radius 1 is 0.625 bits per heavy atom. The molecule has 4 heterocycles. The molecule has 0 spiro atoms. The van der Waals surface area contributed by atoms with Gasteiger partial charge >= 0.3 is 0 Å². The van der Waals surface area contributed by atoms with Crippen molar-refractivity contribution in [3.05, 3.63) is 74.6 Å². The van der Waals surface area contributed by atoms with Crippen LogP contribution >= 0.6 is 118 Å². The third kappa shape index (κ3) is 5.70. The van der Waals surface area contributed by atoms with Crippen molar-refractivity contribution >= 4 is 161 Å². The largest absolute Gasteiger partial charge is 0.293 e. The van der Waals surface area contributed by atoms with E-state index < -0.39 is 0 Å². The van der Waals surface area contributed by atoms with E-state index in [0.717, 1.165) is 9.75 Å². The van der Waals surface area contributed by atoms with E-state index in [1.807, 2.05) is 26.0 Å². The van der Waals surface area contributed by atoms with Gasteiger partial charge in [0.25, 0.3) is 11.8 Å². The number of amides is 2. The van der Waals surface area contributed by atoms with Gasteiger partial charge in [0.05, 0.1) is 9.81 Å². The van der Waals surface area contributed by atoms with Gasteiger partial charge in [0.2, 0.25) is 0 Å². The minimum absolute atomic E-state index is 0.0112. The highest BCUT2D eigenvalue weighted by atomic mass is 32.2. The van der Waals surface area contributed by atoms with Crippen molar-refractivity contribution in [2.75, 3.05) is 38.1 Å². The molecule has 48 heavy (non-hydrogen) atoms. The van der Waals surface area contributed by atoms with Crippen LogP contribution in [0.2, 0.25) is 0 Å². The van der Waals surface area contributed by atoms with Crippen LogP contribution in [-0.4, -0.2) is 68.4 Å². The van der Waals surface area contributed by atoms with Gasteiger partial charge in [-0.3, -0.25) is 19.4 Å². The topological polar surface area (TPSA) is 40.6 Å². The van der Waals surface area contributed by atoms with Gasteiger partial charge in [0.15, 0.2) is 0 Å². The van der Waals surface area contributed by atoms with Gasteiger partial charge in [-0.25, -0.2) is 0 Å². The van der Waals surface area contributed by atoms with E-state index in [-0.39, 0.29) is 11.8 Å². The first-order valence-corrected chi connectivity index (χ1v) is 23.8. The Bertz CT molecular complexity index is 1940. The smallest absolute Gasteiger partial charge is 0.266 e. The molecule has 0 radical (unpaired) electrons. The number of hydrogen-bond donors (Lipinski definition) is 0. The number of likely N-dealkylation sites (N-methyl/N-ethyl adjacent to an activating group) is 2. The van der Waals surface area contributed by atoms with Gasteiger partial charge in [0.1, 0.15) is 8.64 Å². The first-order valence-electron chi connectivity index (χ1n) is 14.8. The molecule has 7 rings (SSSR count). The summed E-state index contributed by atoms with van der Waals surface area (Å²) in [5, 5.41) is 0. The van der Waals surface area contributed by atoms with Crippen LogP contribution in [0, 0.1) is 0 Å². The quantitative estimate of drug-likeness (QED) is 0.112. The third-order valence-electron chi connectivity index (χ3n) is 8.30. The Hall–Kier alpha value is -1.20. The zero-order chi connectivity index (χ0) is 34.0. The normalized spacial score (nSPS) is 18.2. The maximum absolute atomic E-state index is 13.0. The number of hydrogen-bond acceptors (Lipinski definition) is 12. The molecular formula is C34H28N2O2S10. The van der Waals surface area contributed by atoms with Crippen LogP contribution < -0.4 is 0 Å². The molecule has 0 unspecified atom stereocenters. The van der Waals surface area contributed by atoms with E-state index in [4.69, 9.17) is 24.4 Å². The molecule has 14 heteroatoms. The standard InChI is InChI=1S/C34H28N2O2S10/c1-7-35-29(37)23(47-33(35)39)11-15-9-21-25(31(41-3)42-4)17-14-20-18(13-19(17)27(21)45-15)26(32(43-5)44-6)22-10-16(46-28(20)22)12-24-30(38)36(8-2)34(40)48-24/h9-14H,7-8H2,1-6H3/b23-11-,24-12-. The molecule has 2 amide bonds. The number of carbonyl (C=O) groups is 2. The van der Waals surface area contributed by atoms with Gasteiger partial charge < -0.3 is 0 Å². The summed E-state index contributed by atoms with van der Waals surface area (Å²) < 4.78 is 3.78. The van der Waals surface area contributed by atoms with Gasteiger partial charge in [-0.15, -0.1) is 69.7 Å². The van der Waals surface area contributed by atoms with Crippen LogP contribution in [0.1, 0.15) is 45.9 Å². The van der Waals surface area contributed by atoms with Crippen LogP contribution in [0.4, 0.5) is 0 Å². The number of carbonyl (C=O) groups excluding carboxylic acids is 2. The minimum Gasteiger partial charge on any atom is -0.293 e. The fraction of sp³-hybridized carbons (Fsp3) is 0.235. The molecule has 2 saturated heterocycles. The summed E-state index contributed by atoms with van der Waals surface area (Å²) in [7, 11) is 0. The molecule has 4 aliphatic rings. The summed E-state index contributed by atoms with van der Waals surface area (Å²) in [5.41, 5.74) is 9.94. The second-order valence-corrected chi connectivity index (χ2v) is 20.0. The van der Waals surface area contributed by atoms with E-state index >= 15 is 0 Å². The van der Waals surface area contributed by atoms with Crippen molar-refractivity contribution in [2.24, 2.45) is 0 Å². The summed E-state index contributed by atoms with van der Waals surface area (Å²) in [4.78, 5) is 35.4. The van der Waals surface area contributed by atoms with Gasteiger partial charge in [-0.1, -0.05) is 48.0 Å². The van der Waals surface area contributed by atoms with Crippen molar-refractivity contribution in [1.82, 2.24) is 9.80 Å². The number of thiocarbonyl (C=S) groups is 2. The van der Waals surface area contributed by atoms with Crippen LogP contribution in [-0.2, 0) is 9.59 Å². The Kier molecular flexibility index (Phi) is 10.3. The molecule has 0 atom stereocenters. The average Bonchev–Trinajstić information content (AvgIpc) is 3.89. The molecule has 0 bridgehead atoms. The molecule has 3 aromatic rings. The highest BCUT2D eigenvalue weighted by molar-refractivity contribution is 8.27. The van der Waals surface area contributed by atoms with E-state index in [2.05, 4.69) is 49.3 Å².